The number of nitrogens with two attached hydrogens (primary N) is 1. The molecule has 1 aliphatic rings. The molecule has 0 aromatic heterocycles. The molecule has 2 N–H and O–H groups in total. The van der Waals surface area contributed by atoms with Crippen LogP contribution >= 0.6 is 0 Å². The maximum absolute atomic E-state index is 14.0. The molecule has 0 saturated carbocycles. The Morgan fingerprint density at radius 2 is 2.33 bits per heavy atom. The summed E-state index contributed by atoms with van der Waals surface area (Å²) < 4.78 is 24.8. The second kappa shape index (κ2) is 7.73. The van der Waals surface area contributed by atoms with Crippen molar-refractivity contribution in [3.63, 3.8) is 0 Å². The molecule has 0 radical (unpaired) electrons. The van der Waals surface area contributed by atoms with Crippen LogP contribution in [0.4, 0.5) is 4.39 Å². The Morgan fingerprint density at radius 1 is 1.52 bits per heavy atom. The van der Waals surface area contributed by atoms with Crippen molar-refractivity contribution >= 4 is 0 Å². The van der Waals surface area contributed by atoms with E-state index in [0.717, 1.165) is 32.7 Å². The first-order valence-electron chi connectivity index (χ1n) is 7.53. The maximum Gasteiger partial charge on any atom is 0.131 e. The molecule has 0 aliphatic carbocycles. The fourth-order valence-electron chi connectivity index (χ4n) is 2.80. The molecule has 1 fully saturated rings. The van der Waals surface area contributed by atoms with Crippen molar-refractivity contribution in [3.8, 4) is 5.75 Å². The van der Waals surface area contributed by atoms with Crippen LogP contribution in [0.15, 0.2) is 18.2 Å². The predicted octanol–water partition coefficient (Wildman–Crippen LogP) is 2.33. The van der Waals surface area contributed by atoms with Crippen molar-refractivity contribution in [2.24, 2.45) is 5.73 Å². The molecular formula is C16H25FN2O2. The summed E-state index contributed by atoms with van der Waals surface area (Å²) in [5.41, 5.74) is 6.66. The number of hydrogen-bond acceptors (Lipinski definition) is 4. The molecule has 1 saturated heterocycles. The van der Waals surface area contributed by atoms with E-state index in [4.69, 9.17) is 15.2 Å². The zero-order chi connectivity index (χ0) is 15.2. The molecule has 2 atom stereocenters. The van der Waals surface area contributed by atoms with Crippen LogP contribution in [0.3, 0.4) is 0 Å². The third-order valence-corrected chi connectivity index (χ3v) is 3.90. The summed E-state index contributed by atoms with van der Waals surface area (Å²) in [5, 5.41) is 0. The van der Waals surface area contributed by atoms with Gasteiger partial charge in [0.15, 0.2) is 0 Å². The number of halogens is 1. The standard InChI is InChI=1S/C16H25FN2O2/c1-12-11-19(8-4-10-21-12)9-7-14(18)16-13(17)5-3-6-15(16)20-2/h3,5-6,12,14H,4,7-11,18H2,1-2H3. The van der Waals surface area contributed by atoms with Crippen LogP contribution < -0.4 is 10.5 Å². The molecule has 1 aromatic carbocycles. The monoisotopic (exact) mass is 296 g/mol. The number of ether oxygens (including phenoxy) is 2. The van der Waals surface area contributed by atoms with Crippen molar-refractivity contribution in [2.45, 2.75) is 31.9 Å². The first-order valence-corrected chi connectivity index (χ1v) is 7.53. The molecule has 118 valence electrons. The lowest BCUT2D eigenvalue weighted by atomic mass is 10.0. The van der Waals surface area contributed by atoms with Crippen molar-refractivity contribution in [3.05, 3.63) is 29.6 Å². The predicted molar refractivity (Wildman–Crippen MR) is 81.0 cm³/mol. The van der Waals surface area contributed by atoms with Gasteiger partial charge in [-0.3, -0.25) is 0 Å². The summed E-state index contributed by atoms with van der Waals surface area (Å²) in [7, 11) is 1.54. The largest absolute Gasteiger partial charge is 0.496 e. The van der Waals surface area contributed by atoms with Crippen LogP contribution in [-0.4, -0.2) is 44.4 Å². The van der Waals surface area contributed by atoms with E-state index in [1.807, 2.05) is 0 Å². The summed E-state index contributed by atoms with van der Waals surface area (Å²) in [6.07, 6.45) is 1.97. The highest BCUT2D eigenvalue weighted by molar-refractivity contribution is 5.37. The average Bonchev–Trinajstić information content (AvgIpc) is 2.68. The molecule has 1 heterocycles. The molecular weight excluding hydrogens is 271 g/mol. The van der Waals surface area contributed by atoms with Crippen LogP contribution in [0.2, 0.25) is 0 Å². The van der Waals surface area contributed by atoms with E-state index >= 15 is 0 Å². The lowest BCUT2D eigenvalue weighted by molar-refractivity contribution is 0.0673. The quantitative estimate of drug-likeness (QED) is 0.906. The van der Waals surface area contributed by atoms with E-state index in [-0.39, 0.29) is 18.0 Å². The highest BCUT2D eigenvalue weighted by Crippen LogP contribution is 2.28. The normalized spacial score (nSPS) is 21.8. The van der Waals surface area contributed by atoms with Crippen LogP contribution in [0.25, 0.3) is 0 Å². The third-order valence-electron chi connectivity index (χ3n) is 3.90. The second-order valence-electron chi connectivity index (χ2n) is 5.59. The van der Waals surface area contributed by atoms with E-state index in [1.165, 1.54) is 6.07 Å². The summed E-state index contributed by atoms with van der Waals surface area (Å²) in [5.74, 6) is 0.226. The minimum Gasteiger partial charge on any atom is -0.496 e. The van der Waals surface area contributed by atoms with Crippen molar-refractivity contribution < 1.29 is 13.9 Å². The summed E-state index contributed by atoms with van der Waals surface area (Å²) in [6.45, 7) is 5.64. The summed E-state index contributed by atoms with van der Waals surface area (Å²) in [6, 6.07) is 4.46. The second-order valence-corrected chi connectivity index (χ2v) is 5.59. The minimum atomic E-state index is -0.361. The fraction of sp³-hybridized carbons (Fsp3) is 0.625. The average molecular weight is 296 g/mol. The van der Waals surface area contributed by atoms with Gasteiger partial charge in [0.25, 0.3) is 0 Å². The number of nitrogens with zero attached hydrogens (tertiary/aromatic N) is 1. The Morgan fingerprint density at radius 3 is 3.10 bits per heavy atom. The van der Waals surface area contributed by atoms with E-state index in [0.29, 0.717) is 17.7 Å². The van der Waals surface area contributed by atoms with Gasteiger partial charge in [-0.2, -0.15) is 0 Å². The number of hydrogen-bond donors (Lipinski definition) is 1. The van der Waals surface area contributed by atoms with Gasteiger partial charge < -0.3 is 20.1 Å². The van der Waals surface area contributed by atoms with E-state index in [1.54, 1.807) is 19.2 Å². The molecule has 2 unspecified atom stereocenters. The Balaban J connectivity index is 1.96. The van der Waals surface area contributed by atoms with Gasteiger partial charge in [0.1, 0.15) is 11.6 Å². The van der Waals surface area contributed by atoms with Crippen molar-refractivity contribution in [2.75, 3.05) is 33.4 Å². The van der Waals surface area contributed by atoms with Gasteiger partial charge in [0.2, 0.25) is 0 Å². The van der Waals surface area contributed by atoms with Crippen molar-refractivity contribution in [1.29, 1.82) is 0 Å². The van der Waals surface area contributed by atoms with Crippen LogP contribution in [0.5, 0.6) is 5.75 Å². The van der Waals surface area contributed by atoms with Crippen molar-refractivity contribution in [1.82, 2.24) is 4.90 Å². The van der Waals surface area contributed by atoms with Gasteiger partial charge in [0.05, 0.1) is 13.2 Å². The molecule has 1 aliphatic heterocycles. The molecule has 5 heteroatoms. The molecule has 0 amide bonds. The number of methoxy groups -OCH3 is 1. The van der Waals surface area contributed by atoms with Gasteiger partial charge in [-0.15, -0.1) is 0 Å². The molecule has 0 spiro atoms. The van der Waals surface area contributed by atoms with Gasteiger partial charge in [0, 0.05) is 37.8 Å². The van der Waals surface area contributed by atoms with E-state index < -0.39 is 0 Å². The lowest BCUT2D eigenvalue weighted by Crippen LogP contribution is -2.32. The first-order chi connectivity index (χ1) is 10.1. The van der Waals surface area contributed by atoms with Gasteiger partial charge in [-0.05, 0) is 31.9 Å². The zero-order valence-electron chi connectivity index (χ0n) is 12.8. The lowest BCUT2D eigenvalue weighted by Gasteiger charge is -2.24. The minimum absolute atomic E-state index is 0.242. The van der Waals surface area contributed by atoms with Gasteiger partial charge >= 0.3 is 0 Å². The molecule has 4 nitrogen and oxygen atoms in total. The highest BCUT2D eigenvalue weighted by atomic mass is 19.1. The maximum atomic E-state index is 14.0. The Kier molecular flexibility index (Phi) is 5.96. The molecule has 1 aromatic rings. The summed E-state index contributed by atoms with van der Waals surface area (Å²) >= 11 is 0. The first kappa shape index (κ1) is 16.2. The smallest absolute Gasteiger partial charge is 0.131 e. The van der Waals surface area contributed by atoms with Crippen LogP contribution in [0.1, 0.15) is 31.4 Å². The summed E-state index contributed by atoms with van der Waals surface area (Å²) in [4.78, 5) is 2.34. The van der Waals surface area contributed by atoms with E-state index in [2.05, 4.69) is 11.8 Å². The Hall–Kier alpha value is -1.17. The van der Waals surface area contributed by atoms with Crippen LogP contribution in [-0.2, 0) is 4.74 Å². The van der Waals surface area contributed by atoms with E-state index in [9.17, 15) is 4.39 Å². The SMILES string of the molecule is COc1cccc(F)c1C(N)CCN1CCCOC(C)C1. The van der Waals surface area contributed by atoms with Gasteiger partial charge in [-0.25, -0.2) is 4.39 Å². The molecule has 2 rings (SSSR count). The molecule has 21 heavy (non-hydrogen) atoms. The third kappa shape index (κ3) is 4.40. The molecule has 0 bridgehead atoms. The number of rotatable bonds is 5. The Bertz CT molecular complexity index is 456. The topological polar surface area (TPSA) is 47.7 Å². The number of benzene rings is 1. The Labute approximate surface area is 126 Å². The zero-order valence-corrected chi connectivity index (χ0v) is 12.8. The van der Waals surface area contributed by atoms with Gasteiger partial charge in [-0.1, -0.05) is 6.07 Å². The van der Waals surface area contributed by atoms with Crippen LogP contribution in [0, 0.1) is 5.82 Å². The highest BCUT2D eigenvalue weighted by Gasteiger charge is 2.20. The fourth-order valence-corrected chi connectivity index (χ4v) is 2.80.